The van der Waals surface area contributed by atoms with E-state index in [1.807, 2.05) is 24.3 Å². The molecule has 0 aliphatic heterocycles. The number of halogens is 1. The molecule has 0 radical (unpaired) electrons. The number of aromatic nitrogens is 1. The fourth-order valence-corrected chi connectivity index (χ4v) is 9.03. The highest BCUT2D eigenvalue weighted by Crippen LogP contribution is 2.46. The van der Waals surface area contributed by atoms with Crippen molar-refractivity contribution in [3.63, 3.8) is 0 Å². The standard InChI is InChI=1S/C56H39FN2O/c57-42-26-28-43(29-27-42)59-51-22-11-9-20-48(51)50-37-45(31-33-52(50)59)58(53-23-13-25-55-56(53)49-21-10-12-24-54(49)60-55)44-30-32-47(41(36-44)35-39-16-5-2-6-17-39)46-19-8-7-18-40(46)34-38-14-3-1-4-15-38/h1-33,36-37H,34-35H2. The quantitative estimate of drug-likeness (QED) is 0.146. The van der Waals surface area contributed by atoms with E-state index in [0.29, 0.717) is 0 Å². The lowest BCUT2D eigenvalue weighted by Crippen LogP contribution is -2.11. The monoisotopic (exact) mass is 774 g/mol. The molecule has 0 bridgehead atoms. The average molecular weight is 775 g/mol. The Labute approximate surface area is 347 Å². The summed E-state index contributed by atoms with van der Waals surface area (Å²) >= 11 is 0. The van der Waals surface area contributed by atoms with Gasteiger partial charge in [-0.1, -0.05) is 133 Å². The van der Waals surface area contributed by atoms with Crippen LogP contribution in [0.4, 0.5) is 21.5 Å². The Kier molecular flexibility index (Phi) is 8.82. The van der Waals surface area contributed by atoms with Crippen LogP contribution >= 0.6 is 0 Å². The topological polar surface area (TPSA) is 21.3 Å². The smallest absolute Gasteiger partial charge is 0.137 e. The predicted molar refractivity (Wildman–Crippen MR) is 247 cm³/mol. The molecule has 0 aliphatic rings. The van der Waals surface area contributed by atoms with Crippen molar-refractivity contribution in [2.24, 2.45) is 0 Å². The van der Waals surface area contributed by atoms with Crippen LogP contribution in [0.2, 0.25) is 0 Å². The SMILES string of the molecule is Fc1ccc(-n2c3ccccc3c3cc(N(c4ccc(-c5ccccc5Cc5ccccc5)c(Cc5ccccc5)c4)c4cccc5oc6ccccc6c45)ccc32)cc1. The molecule has 0 spiro atoms. The third-order valence-electron chi connectivity index (χ3n) is 11.7. The fraction of sp³-hybridized carbons (Fsp3) is 0.0357. The number of fused-ring (bicyclic) bond motifs is 6. The predicted octanol–water partition coefficient (Wildman–Crippen LogP) is 15.1. The number of hydrogen-bond acceptors (Lipinski definition) is 2. The Bertz CT molecular complexity index is 3330. The summed E-state index contributed by atoms with van der Waals surface area (Å²) in [5, 5.41) is 4.36. The molecule has 11 rings (SSSR count). The lowest BCUT2D eigenvalue weighted by atomic mass is 9.89. The molecule has 4 heteroatoms. The molecule has 11 aromatic rings. The van der Waals surface area contributed by atoms with Crippen molar-refractivity contribution in [3.05, 3.63) is 240 Å². The molecular weight excluding hydrogens is 736 g/mol. The summed E-state index contributed by atoms with van der Waals surface area (Å²) < 4.78 is 22.9. The second-order valence-electron chi connectivity index (χ2n) is 15.4. The van der Waals surface area contributed by atoms with Crippen LogP contribution in [0.5, 0.6) is 0 Å². The molecule has 0 N–H and O–H groups in total. The molecule has 2 aromatic heterocycles. The third kappa shape index (κ3) is 6.30. The van der Waals surface area contributed by atoms with Gasteiger partial charge in [-0.15, -0.1) is 0 Å². The van der Waals surface area contributed by atoms with E-state index in [4.69, 9.17) is 4.42 Å². The zero-order valence-electron chi connectivity index (χ0n) is 32.8. The zero-order chi connectivity index (χ0) is 40.0. The number of para-hydroxylation sites is 2. The summed E-state index contributed by atoms with van der Waals surface area (Å²) in [4.78, 5) is 2.39. The van der Waals surface area contributed by atoms with E-state index in [1.165, 1.54) is 45.5 Å². The minimum Gasteiger partial charge on any atom is -0.456 e. The summed E-state index contributed by atoms with van der Waals surface area (Å²) in [6.45, 7) is 0. The van der Waals surface area contributed by atoms with E-state index >= 15 is 0 Å². The van der Waals surface area contributed by atoms with Crippen molar-refractivity contribution in [1.29, 1.82) is 0 Å². The maximum atomic E-state index is 14.2. The number of furan rings is 1. The molecule has 0 unspecified atom stereocenters. The Morgan fingerprint density at radius 2 is 1.03 bits per heavy atom. The molecule has 60 heavy (non-hydrogen) atoms. The van der Waals surface area contributed by atoms with Gasteiger partial charge in [0.25, 0.3) is 0 Å². The second kappa shape index (κ2) is 14.9. The van der Waals surface area contributed by atoms with Crippen molar-refractivity contribution < 1.29 is 8.81 Å². The molecule has 0 aliphatic carbocycles. The highest BCUT2D eigenvalue weighted by atomic mass is 19.1. The summed E-state index contributed by atoms with van der Waals surface area (Å²) in [7, 11) is 0. The summed E-state index contributed by atoms with van der Waals surface area (Å²) in [5.74, 6) is -0.254. The first-order valence-electron chi connectivity index (χ1n) is 20.4. The number of hydrogen-bond donors (Lipinski definition) is 0. The highest BCUT2D eigenvalue weighted by Gasteiger charge is 2.23. The fourth-order valence-electron chi connectivity index (χ4n) is 9.03. The minimum absolute atomic E-state index is 0.254. The molecule has 2 heterocycles. The molecule has 3 nitrogen and oxygen atoms in total. The van der Waals surface area contributed by atoms with Gasteiger partial charge in [-0.2, -0.15) is 0 Å². The summed E-state index contributed by atoms with van der Waals surface area (Å²) in [6, 6.07) is 73.8. The lowest BCUT2D eigenvalue weighted by molar-refractivity contribution is 0.627. The Balaban J connectivity index is 1.15. The molecule has 0 amide bonds. The van der Waals surface area contributed by atoms with Gasteiger partial charge in [0.15, 0.2) is 0 Å². The van der Waals surface area contributed by atoms with Gasteiger partial charge in [0.05, 0.1) is 22.1 Å². The number of benzene rings is 9. The van der Waals surface area contributed by atoms with E-state index in [2.05, 4.69) is 185 Å². The first-order chi connectivity index (χ1) is 29.7. The van der Waals surface area contributed by atoms with Crippen molar-refractivity contribution in [2.75, 3.05) is 4.90 Å². The molecule has 286 valence electrons. The van der Waals surface area contributed by atoms with Crippen LogP contribution in [0.1, 0.15) is 22.3 Å². The largest absolute Gasteiger partial charge is 0.456 e. The van der Waals surface area contributed by atoms with Gasteiger partial charge < -0.3 is 13.9 Å². The van der Waals surface area contributed by atoms with Crippen LogP contribution in [-0.2, 0) is 12.8 Å². The van der Waals surface area contributed by atoms with E-state index < -0.39 is 0 Å². The average Bonchev–Trinajstić information content (AvgIpc) is 3.84. The van der Waals surface area contributed by atoms with Gasteiger partial charge >= 0.3 is 0 Å². The molecule has 0 fully saturated rings. The molecule has 0 saturated carbocycles. The van der Waals surface area contributed by atoms with Crippen LogP contribution in [0.25, 0.3) is 60.6 Å². The Hall–Kier alpha value is -7.69. The molecule has 0 atom stereocenters. The minimum atomic E-state index is -0.254. The van der Waals surface area contributed by atoms with Gasteiger partial charge in [0, 0.05) is 33.2 Å². The van der Waals surface area contributed by atoms with Gasteiger partial charge in [-0.05, 0) is 125 Å². The first kappa shape index (κ1) is 35.5. The first-order valence-corrected chi connectivity index (χ1v) is 20.4. The number of rotatable bonds is 9. The number of nitrogens with zero attached hydrogens (tertiary/aromatic N) is 2. The Morgan fingerprint density at radius 1 is 0.433 bits per heavy atom. The maximum absolute atomic E-state index is 14.2. The van der Waals surface area contributed by atoms with Crippen molar-refractivity contribution >= 4 is 60.8 Å². The van der Waals surface area contributed by atoms with Crippen LogP contribution in [0.15, 0.2) is 217 Å². The van der Waals surface area contributed by atoms with Gasteiger partial charge in [0.1, 0.15) is 17.0 Å². The summed E-state index contributed by atoms with van der Waals surface area (Å²) in [6.07, 6.45) is 1.61. The zero-order valence-corrected chi connectivity index (χ0v) is 32.8. The van der Waals surface area contributed by atoms with Crippen molar-refractivity contribution in [2.45, 2.75) is 12.8 Å². The maximum Gasteiger partial charge on any atom is 0.137 e. The van der Waals surface area contributed by atoms with E-state index in [-0.39, 0.29) is 5.82 Å². The third-order valence-corrected chi connectivity index (χ3v) is 11.7. The highest BCUT2D eigenvalue weighted by molar-refractivity contribution is 6.15. The van der Waals surface area contributed by atoms with Gasteiger partial charge in [0.2, 0.25) is 0 Å². The van der Waals surface area contributed by atoms with E-state index in [0.717, 1.165) is 79.3 Å². The van der Waals surface area contributed by atoms with Crippen molar-refractivity contribution in [1.82, 2.24) is 4.57 Å². The second-order valence-corrected chi connectivity index (χ2v) is 15.4. The molecular formula is C56H39FN2O. The normalized spacial score (nSPS) is 11.6. The van der Waals surface area contributed by atoms with E-state index in [1.54, 1.807) is 0 Å². The van der Waals surface area contributed by atoms with E-state index in [9.17, 15) is 4.39 Å². The van der Waals surface area contributed by atoms with Gasteiger partial charge in [-0.3, -0.25) is 0 Å². The van der Waals surface area contributed by atoms with Gasteiger partial charge in [-0.25, -0.2) is 4.39 Å². The summed E-state index contributed by atoms with van der Waals surface area (Å²) in [5.41, 5.74) is 15.3. The van der Waals surface area contributed by atoms with Crippen LogP contribution in [0.3, 0.4) is 0 Å². The van der Waals surface area contributed by atoms with Crippen LogP contribution in [0, 0.1) is 5.82 Å². The molecule has 9 aromatic carbocycles. The molecule has 0 saturated heterocycles. The van der Waals surface area contributed by atoms with Crippen molar-refractivity contribution in [3.8, 4) is 16.8 Å². The number of anilines is 3. The lowest BCUT2D eigenvalue weighted by Gasteiger charge is -2.28. The van der Waals surface area contributed by atoms with Crippen LogP contribution < -0.4 is 4.90 Å². The Morgan fingerprint density at radius 3 is 1.83 bits per heavy atom. The van der Waals surface area contributed by atoms with Crippen LogP contribution in [-0.4, -0.2) is 4.57 Å².